The van der Waals surface area contributed by atoms with E-state index >= 15 is 0 Å². The number of aliphatic hydroxyl groups excluding tert-OH is 1. The first-order valence-corrected chi connectivity index (χ1v) is 7.97. The Bertz CT molecular complexity index is 897. The molecule has 1 atom stereocenters. The van der Waals surface area contributed by atoms with E-state index in [1.165, 1.54) is 12.4 Å². The molecule has 0 radical (unpaired) electrons. The normalized spacial score (nSPS) is 20.2. The molecule has 1 aromatic heterocycles. The highest BCUT2D eigenvalue weighted by molar-refractivity contribution is 7.92. The highest BCUT2D eigenvalue weighted by Gasteiger charge is 2.54. The zero-order valence-corrected chi connectivity index (χ0v) is 12.4. The maximum Gasteiger partial charge on any atom is 0.501 e. The van der Waals surface area contributed by atoms with Gasteiger partial charge in [-0.15, -0.1) is 0 Å². The van der Waals surface area contributed by atoms with Crippen LogP contribution in [0.1, 0.15) is 18.7 Å². The number of sulfone groups is 1. The standard InChI is InChI=1S/C13H9F5N2O3S.H2/c14-12(15)3-8-7(6-4-19-20-5-6)1-2-9(10(8)11(12)21)24(22,23)13(16,17)18;/h1-2,4-5,11,21H,3H2,(H,19,20);1H/t11-;/m0./s1. The number of H-pyrrole nitrogens is 1. The molecule has 1 aromatic carbocycles. The van der Waals surface area contributed by atoms with Crippen LogP contribution in [0.5, 0.6) is 0 Å². The third-order valence-corrected chi connectivity index (χ3v) is 5.35. The molecule has 0 saturated heterocycles. The second kappa shape index (κ2) is 4.99. The number of hydrogen-bond acceptors (Lipinski definition) is 4. The predicted octanol–water partition coefficient (Wildman–Crippen LogP) is 2.84. The molecule has 11 heteroatoms. The van der Waals surface area contributed by atoms with Crippen molar-refractivity contribution in [2.24, 2.45) is 0 Å². The van der Waals surface area contributed by atoms with Crippen LogP contribution in [-0.2, 0) is 16.3 Å². The molecular formula is C13H11F5N2O3S. The summed E-state index contributed by atoms with van der Waals surface area (Å²) in [4.78, 5) is -1.36. The van der Waals surface area contributed by atoms with E-state index in [-0.39, 0.29) is 18.1 Å². The molecule has 0 unspecified atom stereocenters. The quantitative estimate of drug-likeness (QED) is 0.797. The molecule has 0 aliphatic heterocycles. The number of nitrogens with zero attached hydrogens (tertiary/aromatic N) is 1. The van der Waals surface area contributed by atoms with Crippen molar-refractivity contribution in [2.75, 3.05) is 0 Å². The molecular weight excluding hydrogens is 359 g/mol. The molecule has 3 rings (SSSR count). The number of aromatic nitrogens is 2. The third kappa shape index (κ3) is 2.30. The number of benzene rings is 1. The first-order valence-electron chi connectivity index (χ1n) is 6.49. The summed E-state index contributed by atoms with van der Waals surface area (Å²) < 4.78 is 89.5. The lowest BCUT2D eigenvalue weighted by atomic mass is 9.99. The SMILES string of the molecule is O=S(=O)(c1ccc(-c2cn[nH]c2)c2c1[C@H](O)C(F)(F)C2)C(F)(F)F.[HH]. The minimum absolute atomic E-state index is 0. The summed E-state index contributed by atoms with van der Waals surface area (Å²) >= 11 is 0. The number of aliphatic hydroxyl groups is 1. The van der Waals surface area contributed by atoms with Crippen LogP contribution in [-0.4, -0.2) is 35.2 Å². The van der Waals surface area contributed by atoms with Crippen LogP contribution in [0.15, 0.2) is 29.4 Å². The lowest BCUT2D eigenvalue weighted by molar-refractivity contribution is -0.0977. The van der Waals surface area contributed by atoms with Crippen LogP contribution in [0.4, 0.5) is 22.0 Å². The molecule has 132 valence electrons. The summed E-state index contributed by atoms with van der Waals surface area (Å²) in [5.41, 5.74) is -6.58. The van der Waals surface area contributed by atoms with Gasteiger partial charge < -0.3 is 5.11 Å². The summed E-state index contributed by atoms with van der Waals surface area (Å²) in [7, 11) is -5.89. The van der Waals surface area contributed by atoms with Crippen molar-refractivity contribution in [2.45, 2.75) is 28.9 Å². The lowest BCUT2D eigenvalue weighted by Gasteiger charge is -2.17. The largest absolute Gasteiger partial charge is 0.501 e. The molecule has 5 nitrogen and oxygen atoms in total. The molecule has 1 aliphatic rings. The lowest BCUT2D eigenvalue weighted by Crippen LogP contribution is -2.26. The van der Waals surface area contributed by atoms with Crippen LogP contribution in [0.25, 0.3) is 11.1 Å². The summed E-state index contributed by atoms with van der Waals surface area (Å²) in [5.74, 6) is -3.78. The topological polar surface area (TPSA) is 83.0 Å². The molecule has 1 aliphatic carbocycles. The Morgan fingerprint density at radius 1 is 1.33 bits per heavy atom. The van der Waals surface area contributed by atoms with Gasteiger partial charge in [-0.25, -0.2) is 17.2 Å². The van der Waals surface area contributed by atoms with Crippen LogP contribution < -0.4 is 0 Å². The summed E-state index contributed by atoms with van der Waals surface area (Å²) in [5, 5.41) is 15.8. The van der Waals surface area contributed by atoms with Crippen LogP contribution in [0.2, 0.25) is 0 Å². The zero-order chi connectivity index (χ0) is 17.9. The van der Waals surface area contributed by atoms with Gasteiger partial charge in [-0.1, -0.05) is 6.07 Å². The molecule has 2 aromatic rings. The van der Waals surface area contributed by atoms with Crippen LogP contribution in [0, 0.1) is 0 Å². The van der Waals surface area contributed by atoms with Gasteiger partial charge in [0, 0.05) is 25.2 Å². The van der Waals surface area contributed by atoms with Crippen molar-refractivity contribution in [1.29, 1.82) is 0 Å². The Morgan fingerprint density at radius 2 is 2.00 bits per heavy atom. The van der Waals surface area contributed by atoms with E-state index < -0.39 is 44.3 Å². The molecule has 0 fully saturated rings. The van der Waals surface area contributed by atoms with E-state index in [0.717, 1.165) is 6.07 Å². The Kier molecular flexibility index (Phi) is 3.50. The summed E-state index contributed by atoms with van der Waals surface area (Å²) in [6.45, 7) is 0. The average Bonchev–Trinajstić information content (AvgIpc) is 3.05. The predicted molar refractivity (Wildman–Crippen MR) is 73.0 cm³/mol. The van der Waals surface area contributed by atoms with Gasteiger partial charge in [0.1, 0.15) is 6.10 Å². The van der Waals surface area contributed by atoms with Crippen molar-refractivity contribution >= 4 is 9.84 Å². The molecule has 0 amide bonds. The Hall–Kier alpha value is -2.01. The van der Waals surface area contributed by atoms with Crippen molar-refractivity contribution < 1.29 is 36.9 Å². The smallest absolute Gasteiger partial charge is 0.382 e. The number of rotatable bonds is 2. The minimum Gasteiger partial charge on any atom is -0.382 e. The molecule has 0 bridgehead atoms. The van der Waals surface area contributed by atoms with E-state index in [2.05, 4.69) is 10.2 Å². The van der Waals surface area contributed by atoms with E-state index in [4.69, 9.17) is 0 Å². The van der Waals surface area contributed by atoms with Crippen molar-refractivity contribution in [3.8, 4) is 11.1 Å². The Morgan fingerprint density at radius 3 is 2.54 bits per heavy atom. The summed E-state index contributed by atoms with van der Waals surface area (Å²) in [6, 6.07) is 1.57. The molecule has 2 N–H and O–H groups in total. The fraction of sp³-hybridized carbons (Fsp3) is 0.308. The second-order valence-electron chi connectivity index (χ2n) is 5.28. The maximum absolute atomic E-state index is 13.9. The monoisotopic (exact) mass is 370 g/mol. The first kappa shape index (κ1) is 16.8. The van der Waals surface area contributed by atoms with E-state index in [9.17, 15) is 35.5 Å². The highest BCUT2D eigenvalue weighted by Crippen LogP contribution is 2.50. The number of alkyl halides is 5. The molecule has 24 heavy (non-hydrogen) atoms. The Balaban J connectivity index is 0.00000225. The minimum atomic E-state index is -5.89. The van der Waals surface area contributed by atoms with Gasteiger partial charge in [-0.05, 0) is 17.2 Å². The zero-order valence-electron chi connectivity index (χ0n) is 11.6. The maximum atomic E-state index is 13.9. The number of nitrogens with one attached hydrogen (secondary N) is 1. The van der Waals surface area contributed by atoms with Gasteiger partial charge >= 0.3 is 5.51 Å². The third-order valence-electron chi connectivity index (χ3n) is 3.81. The molecule has 0 saturated carbocycles. The first-order chi connectivity index (χ1) is 11.0. The average molecular weight is 370 g/mol. The number of hydrogen-bond donors (Lipinski definition) is 2. The molecule has 1 heterocycles. The van der Waals surface area contributed by atoms with Gasteiger partial charge in [-0.2, -0.15) is 18.3 Å². The number of halogens is 5. The van der Waals surface area contributed by atoms with Gasteiger partial charge in [-0.3, -0.25) is 5.10 Å². The van der Waals surface area contributed by atoms with Crippen LogP contribution in [0.3, 0.4) is 0 Å². The molecule has 0 spiro atoms. The van der Waals surface area contributed by atoms with Crippen molar-refractivity contribution in [3.05, 3.63) is 35.7 Å². The fourth-order valence-electron chi connectivity index (χ4n) is 2.70. The van der Waals surface area contributed by atoms with Gasteiger partial charge in [0.15, 0.2) is 0 Å². The van der Waals surface area contributed by atoms with Gasteiger partial charge in [0.25, 0.3) is 15.8 Å². The summed E-state index contributed by atoms with van der Waals surface area (Å²) in [6.07, 6.45) is -1.16. The van der Waals surface area contributed by atoms with Crippen molar-refractivity contribution in [1.82, 2.24) is 10.2 Å². The van der Waals surface area contributed by atoms with Gasteiger partial charge in [0.05, 0.1) is 11.1 Å². The Labute approximate surface area is 133 Å². The fourth-order valence-corrected chi connectivity index (χ4v) is 3.73. The van der Waals surface area contributed by atoms with E-state index in [1.54, 1.807) is 0 Å². The second-order valence-corrected chi connectivity index (χ2v) is 7.19. The van der Waals surface area contributed by atoms with Crippen LogP contribution >= 0.6 is 0 Å². The van der Waals surface area contributed by atoms with Crippen molar-refractivity contribution in [3.63, 3.8) is 0 Å². The number of aromatic amines is 1. The van der Waals surface area contributed by atoms with E-state index in [1.807, 2.05) is 0 Å². The highest BCUT2D eigenvalue weighted by atomic mass is 32.2. The van der Waals surface area contributed by atoms with Gasteiger partial charge in [0.2, 0.25) is 0 Å². The number of fused-ring (bicyclic) bond motifs is 1. The van der Waals surface area contributed by atoms with E-state index in [0.29, 0.717) is 6.07 Å².